The summed E-state index contributed by atoms with van der Waals surface area (Å²) in [7, 11) is 1.74. The van der Waals surface area contributed by atoms with Crippen molar-refractivity contribution >= 4 is 0 Å². The number of aliphatic hydroxyl groups excluding tert-OH is 5. The lowest BCUT2D eigenvalue weighted by atomic mass is 9.79. The maximum atomic E-state index is 9.62. The Kier molecular flexibility index (Phi) is 68.0. The molecular formula is C96H191NO8. The fraction of sp³-hybridized carbons (Fsp3) is 0.938. The van der Waals surface area contributed by atoms with Crippen molar-refractivity contribution in [1.29, 1.82) is 0 Å². The van der Waals surface area contributed by atoms with Crippen LogP contribution < -0.4 is 0 Å². The molecule has 0 spiro atoms. The van der Waals surface area contributed by atoms with E-state index in [-0.39, 0.29) is 30.5 Å². The van der Waals surface area contributed by atoms with Crippen LogP contribution in [-0.2, 0) is 20.8 Å². The van der Waals surface area contributed by atoms with Crippen molar-refractivity contribution in [2.45, 2.75) is 428 Å². The van der Waals surface area contributed by atoms with E-state index >= 15 is 0 Å². The second-order valence-corrected chi connectivity index (χ2v) is 38.1. The van der Waals surface area contributed by atoms with E-state index in [0.717, 1.165) is 173 Å². The van der Waals surface area contributed by atoms with Gasteiger partial charge in [0.25, 0.3) is 0 Å². The molecule has 1 aromatic carbocycles. The average molecular weight is 1490 g/mol. The third-order valence-electron chi connectivity index (χ3n) is 24.0. The third-order valence-corrected chi connectivity index (χ3v) is 24.0. The number of rotatable bonds is 20. The van der Waals surface area contributed by atoms with E-state index in [1.165, 1.54) is 186 Å². The van der Waals surface area contributed by atoms with Crippen LogP contribution in [0.3, 0.4) is 0 Å². The fourth-order valence-corrected chi connectivity index (χ4v) is 16.2. The van der Waals surface area contributed by atoms with Gasteiger partial charge in [-0.2, -0.15) is 0 Å². The zero-order valence-electron chi connectivity index (χ0n) is 75.1. The Hall–Kier alpha value is -1.14. The Bertz CT molecular complexity index is 1840. The van der Waals surface area contributed by atoms with Crippen LogP contribution >= 0.6 is 0 Å². The summed E-state index contributed by atoms with van der Waals surface area (Å²) in [6.45, 7) is 61.9. The summed E-state index contributed by atoms with van der Waals surface area (Å²) in [5, 5.41) is 46.8. The molecule has 5 aliphatic carbocycles. The zero-order valence-corrected chi connectivity index (χ0v) is 75.1. The summed E-state index contributed by atoms with van der Waals surface area (Å²) < 4.78 is 15.6. The first-order valence-electron chi connectivity index (χ1n) is 45.5. The van der Waals surface area contributed by atoms with Gasteiger partial charge in [-0.1, -0.05) is 254 Å². The molecule has 0 bridgehead atoms. The SMILES string of the molecule is CC(C)C1CCC(O)CC1.CC(C)C1CCC(O)CC1.CC(C)C1CCC(O)CC1.CC(C)C1CCN(Cc2ccccc2)CC1.CC(C)C1CCOCC1.CC(C)CC1CCCO1.CC(C)C[C@H]1CCCC[C@@H]1O.CC(C)[C@H]1CCCC[C@H]1O.CCCC(C)C.CCCCC(C)C.COCCC(C)C. The molecule has 9 heteroatoms. The number of benzene rings is 1. The molecule has 0 radical (unpaired) electrons. The largest absolute Gasteiger partial charge is 0.393 e. The number of piperidine rings is 1. The Morgan fingerprint density at radius 2 is 0.781 bits per heavy atom. The number of unbranched alkanes of at least 4 members (excludes halogenated alkanes) is 1. The van der Waals surface area contributed by atoms with E-state index in [4.69, 9.17) is 14.2 Å². The lowest BCUT2D eigenvalue weighted by Gasteiger charge is -2.33. The predicted octanol–water partition coefficient (Wildman–Crippen LogP) is 26.1. The highest BCUT2D eigenvalue weighted by Gasteiger charge is 2.28. The monoisotopic (exact) mass is 1490 g/mol. The van der Waals surface area contributed by atoms with Gasteiger partial charge in [-0.15, -0.1) is 0 Å². The van der Waals surface area contributed by atoms with E-state index in [1.807, 2.05) is 0 Å². The minimum atomic E-state index is -0.00579. The van der Waals surface area contributed by atoms with Gasteiger partial charge in [-0.3, -0.25) is 4.90 Å². The van der Waals surface area contributed by atoms with Crippen molar-refractivity contribution < 1.29 is 39.7 Å². The summed E-state index contributed by atoms with van der Waals surface area (Å²) in [5.41, 5.74) is 1.45. The fourth-order valence-electron chi connectivity index (χ4n) is 16.2. The first kappa shape index (κ1) is 106. The molecule has 628 valence electrons. The Morgan fingerprint density at radius 1 is 0.381 bits per heavy atom. The van der Waals surface area contributed by atoms with E-state index in [0.29, 0.717) is 23.9 Å². The van der Waals surface area contributed by atoms with Gasteiger partial charge in [-0.25, -0.2) is 0 Å². The van der Waals surface area contributed by atoms with Crippen molar-refractivity contribution in [2.24, 2.45) is 107 Å². The molecule has 3 heterocycles. The molecule has 5 atom stereocenters. The van der Waals surface area contributed by atoms with Gasteiger partial charge in [0.2, 0.25) is 0 Å². The van der Waals surface area contributed by atoms with Crippen LogP contribution in [0.4, 0.5) is 0 Å². The Labute approximate surface area is 657 Å². The molecule has 8 aliphatic rings. The molecule has 3 aliphatic heterocycles. The number of hydrogen-bond donors (Lipinski definition) is 5. The van der Waals surface area contributed by atoms with Gasteiger partial charge in [0, 0.05) is 40.1 Å². The van der Waals surface area contributed by atoms with Gasteiger partial charge in [-0.05, 0) is 286 Å². The van der Waals surface area contributed by atoms with Crippen LogP contribution in [0.5, 0.6) is 0 Å². The minimum absolute atomic E-state index is 0.00569. The highest BCUT2D eigenvalue weighted by molar-refractivity contribution is 5.14. The lowest BCUT2D eigenvalue weighted by Crippen LogP contribution is -2.34. The summed E-state index contributed by atoms with van der Waals surface area (Å²) in [6, 6.07) is 10.8. The van der Waals surface area contributed by atoms with Crippen molar-refractivity contribution in [3.63, 3.8) is 0 Å². The number of aliphatic hydroxyl groups is 5. The maximum absolute atomic E-state index is 9.62. The van der Waals surface area contributed by atoms with Crippen molar-refractivity contribution in [3.05, 3.63) is 35.9 Å². The van der Waals surface area contributed by atoms with Crippen LogP contribution in [0.2, 0.25) is 0 Å². The molecule has 9 rings (SSSR count). The average Bonchev–Trinajstić information content (AvgIpc) is 1.10. The van der Waals surface area contributed by atoms with E-state index in [9.17, 15) is 25.5 Å². The number of likely N-dealkylation sites (tertiary alicyclic amines) is 1. The van der Waals surface area contributed by atoms with Gasteiger partial charge in [0.05, 0.1) is 36.6 Å². The second kappa shape index (κ2) is 67.4. The molecule has 5 N–H and O–H groups in total. The molecule has 0 amide bonds. The van der Waals surface area contributed by atoms with Crippen molar-refractivity contribution in [1.82, 2.24) is 4.90 Å². The molecule has 5 saturated carbocycles. The van der Waals surface area contributed by atoms with E-state index in [2.05, 4.69) is 201 Å². The number of nitrogens with zero attached hydrogens (tertiary/aromatic N) is 1. The first-order valence-corrected chi connectivity index (χ1v) is 45.5. The molecule has 1 aromatic rings. The summed E-state index contributed by atoms with van der Waals surface area (Å²) in [4.78, 5) is 2.59. The van der Waals surface area contributed by atoms with E-state index < -0.39 is 0 Å². The quantitative estimate of drug-likeness (QED) is 0.0866. The van der Waals surface area contributed by atoms with E-state index in [1.54, 1.807) is 7.11 Å². The predicted molar refractivity (Wildman–Crippen MR) is 460 cm³/mol. The first-order chi connectivity index (χ1) is 49.7. The summed E-state index contributed by atoms with van der Waals surface area (Å²) in [6.07, 6.45) is 42.2. The minimum Gasteiger partial charge on any atom is -0.393 e. The highest BCUT2D eigenvalue weighted by atomic mass is 16.5. The summed E-state index contributed by atoms with van der Waals surface area (Å²) >= 11 is 0. The number of ether oxygens (including phenoxy) is 3. The van der Waals surface area contributed by atoms with Crippen LogP contribution in [0.1, 0.15) is 390 Å². The number of hydrogen-bond acceptors (Lipinski definition) is 9. The van der Waals surface area contributed by atoms with Gasteiger partial charge >= 0.3 is 0 Å². The van der Waals surface area contributed by atoms with Crippen LogP contribution in [0.25, 0.3) is 0 Å². The molecule has 9 nitrogen and oxygen atoms in total. The normalized spacial score (nSPS) is 25.9. The Balaban J connectivity index is 0. The van der Waals surface area contributed by atoms with Crippen LogP contribution in [-0.4, -0.2) is 114 Å². The summed E-state index contributed by atoms with van der Waals surface area (Å²) in [5.74, 6) is 14.6. The molecular weight excluding hydrogens is 1300 g/mol. The maximum Gasteiger partial charge on any atom is 0.0578 e. The third kappa shape index (κ3) is 61.1. The van der Waals surface area contributed by atoms with Crippen molar-refractivity contribution in [3.8, 4) is 0 Å². The van der Waals surface area contributed by atoms with Crippen molar-refractivity contribution in [2.75, 3.05) is 46.6 Å². The van der Waals surface area contributed by atoms with Crippen LogP contribution in [0.15, 0.2) is 30.3 Å². The Morgan fingerprint density at radius 3 is 1.08 bits per heavy atom. The van der Waals surface area contributed by atoms with Gasteiger partial charge in [0.1, 0.15) is 0 Å². The smallest absolute Gasteiger partial charge is 0.0578 e. The topological polar surface area (TPSA) is 132 Å². The standard InChI is InChI=1S/C15H23N.C10H20O.4C9H18O.2C8H16O.C7H16.C6H14O.C6H14/c1-13(2)15-8-10-16(11-9-15)12-14-6-4-3-5-7-14;1-8(2)7-9-5-3-4-6-10(9)11;3*1-7(2)8-3-5-9(10)6-4-8;1-7(2)8-5-3-4-6-9(8)10;1-7(2)8-3-5-9-6-4-8;1-7(2)6-8-4-3-5-9-8;1-4-5-6-7(2)3;1-6(2)4-5-7-3;1-4-5-6(2)3/h3-7,13,15H,8-12H2,1-2H3;8-11H,3-7H2,1-2H3;4*7-10H,3-6H2,1-2H3;2*7-8H,3-6H2,1-2H3;7H,4-6H2,1-3H3;6H,4-5H2,1-3H3;6H,4-5H2,1-3H3/t;9-,10+;;;;8-,9-;;;;;/m.1...1...../s1. The molecule has 8 fully saturated rings. The number of methoxy groups -OCH3 is 1. The molecule has 1 unspecified atom stereocenters. The molecule has 105 heavy (non-hydrogen) atoms. The second-order valence-electron chi connectivity index (χ2n) is 38.1. The zero-order chi connectivity index (χ0) is 79.7. The molecule has 0 aromatic heterocycles. The van der Waals surface area contributed by atoms with Crippen LogP contribution in [0, 0.1) is 107 Å². The molecule has 3 saturated heterocycles. The lowest BCUT2D eigenvalue weighted by molar-refractivity contribution is 0.0456. The van der Waals surface area contributed by atoms with Gasteiger partial charge in [0.15, 0.2) is 0 Å². The highest BCUT2D eigenvalue weighted by Crippen LogP contribution is 2.34. The van der Waals surface area contributed by atoms with Gasteiger partial charge < -0.3 is 39.7 Å².